The monoisotopic (exact) mass is 277 g/mol. The van der Waals surface area contributed by atoms with Gasteiger partial charge in [0.05, 0.1) is 0 Å². The Morgan fingerprint density at radius 1 is 1.32 bits per heavy atom. The van der Waals surface area contributed by atoms with E-state index >= 15 is 0 Å². The van der Waals surface area contributed by atoms with Crippen LogP contribution in [0.3, 0.4) is 0 Å². The Morgan fingerprint density at radius 3 is 2.84 bits per heavy atom. The first-order chi connectivity index (χ1) is 9.22. The molecule has 0 heterocycles. The van der Waals surface area contributed by atoms with Crippen molar-refractivity contribution in [1.29, 1.82) is 0 Å². The average molecular weight is 278 g/mol. The number of benzene rings is 1. The molecule has 104 valence electrons. The van der Waals surface area contributed by atoms with Crippen molar-refractivity contribution in [3.05, 3.63) is 34.3 Å². The zero-order valence-corrected chi connectivity index (χ0v) is 12.6. The first kappa shape index (κ1) is 13.5. The Balaban J connectivity index is 1.66. The van der Waals surface area contributed by atoms with Crippen LogP contribution in [0.25, 0.3) is 0 Å². The number of rotatable bonds is 4. The topological polar surface area (TPSA) is 12.0 Å². The zero-order chi connectivity index (χ0) is 13.3. The van der Waals surface area contributed by atoms with Crippen molar-refractivity contribution in [3.8, 4) is 0 Å². The van der Waals surface area contributed by atoms with E-state index in [-0.39, 0.29) is 0 Å². The molecule has 1 nitrogen and oxygen atoms in total. The third-order valence-corrected chi connectivity index (χ3v) is 5.56. The average Bonchev–Trinajstić information content (AvgIpc) is 3.03. The van der Waals surface area contributed by atoms with Gasteiger partial charge in [-0.05, 0) is 60.8 Å². The van der Waals surface area contributed by atoms with Crippen molar-refractivity contribution in [2.45, 2.75) is 57.9 Å². The maximum atomic E-state index is 6.08. The van der Waals surface area contributed by atoms with E-state index in [4.69, 9.17) is 11.6 Å². The minimum atomic E-state index is 0.552. The lowest BCUT2D eigenvalue weighted by molar-refractivity contribution is 0.255. The summed E-state index contributed by atoms with van der Waals surface area (Å²) in [5.41, 5.74) is 3.51. The Bertz CT molecular complexity index is 449. The third-order valence-electron chi connectivity index (χ3n) is 5.32. The van der Waals surface area contributed by atoms with E-state index in [0.717, 1.165) is 5.02 Å². The summed E-state index contributed by atoms with van der Waals surface area (Å²) in [4.78, 5) is 0. The number of halogens is 1. The first-order valence-corrected chi connectivity index (χ1v) is 8.12. The first-order valence-electron chi connectivity index (χ1n) is 7.74. The maximum absolute atomic E-state index is 6.08. The summed E-state index contributed by atoms with van der Waals surface area (Å²) in [5, 5.41) is 4.72. The molecular weight excluding hydrogens is 254 g/mol. The standard InChI is InChI=1S/C17H24ClN/c1-2-17(9-3-4-10-17)12-19-16-8-5-13-11-14(18)6-7-15(13)16/h6-7,11,16,19H,2-5,8-10,12H2,1H3. The van der Waals surface area contributed by atoms with Gasteiger partial charge in [-0.2, -0.15) is 0 Å². The van der Waals surface area contributed by atoms with Crippen LogP contribution in [0.4, 0.5) is 0 Å². The van der Waals surface area contributed by atoms with Crippen molar-refractivity contribution in [1.82, 2.24) is 5.32 Å². The molecule has 0 spiro atoms. The fourth-order valence-corrected chi connectivity index (χ4v) is 4.11. The number of hydrogen-bond donors (Lipinski definition) is 1. The number of nitrogens with one attached hydrogen (secondary N) is 1. The molecule has 0 aliphatic heterocycles. The van der Waals surface area contributed by atoms with Gasteiger partial charge in [-0.15, -0.1) is 0 Å². The Kier molecular flexibility index (Phi) is 3.86. The normalized spacial score (nSPS) is 24.6. The predicted octanol–water partition coefficient (Wildman–Crippen LogP) is 4.89. The van der Waals surface area contributed by atoms with Crippen molar-refractivity contribution < 1.29 is 0 Å². The molecule has 0 saturated heterocycles. The van der Waals surface area contributed by atoms with Crippen molar-refractivity contribution in [3.63, 3.8) is 0 Å². The lowest BCUT2D eigenvalue weighted by Gasteiger charge is -2.30. The number of aryl methyl sites for hydroxylation is 1. The second-order valence-corrected chi connectivity index (χ2v) is 6.81. The van der Waals surface area contributed by atoms with E-state index in [1.807, 2.05) is 6.07 Å². The second kappa shape index (κ2) is 5.46. The SMILES string of the molecule is CCC1(CNC2CCc3cc(Cl)ccc32)CCCC1. The lowest BCUT2D eigenvalue weighted by atomic mass is 9.83. The molecule has 1 unspecified atom stereocenters. The summed E-state index contributed by atoms with van der Waals surface area (Å²) in [6.07, 6.45) is 9.40. The van der Waals surface area contributed by atoms with Crippen LogP contribution in [0.5, 0.6) is 0 Å². The summed E-state index contributed by atoms with van der Waals surface area (Å²) >= 11 is 6.08. The fourth-order valence-electron chi connectivity index (χ4n) is 3.92. The van der Waals surface area contributed by atoms with E-state index in [9.17, 15) is 0 Å². The summed E-state index contributed by atoms with van der Waals surface area (Å²) in [6.45, 7) is 3.55. The van der Waals surface area contributed by atoms with Crippen LogP contribution >= 0.6 is 11.6 Å². The summed E-state index contributed by atoms with van der Waals surface area (Å²) in [6, 6.07) is 6.95. The molecule has 2 aliphatic rings. The van der Waals surface area contributed by atoms with Crippen LogP contribution in [0.2, 0.25) is 5.02 Å². The number of fused-ring (bicyclic) bond motifs is 1. The van der Waals surface area contributed by atoms with Gasteiger partial charge in [0.2, 0.25) is 0 Å². The van der Waals surface area contributed by atoms with E-state index < -0.39 is 0 Å². The lowest BCUT2D eigenvalue weighted by Crippen LogP contribution is -2.33. The van der Waals surface area contributed by atoms with Gasteiger partial charge in [0, 0.05) is 17.6 Å². The van der Waals surface area contributed by atoms with Gasteiger partial charge in [-0.3, -0.25) is 0 Å². The van der Waals surface area contributed by atoms with E-state index in [0.29, 0.717) is 11.5 Å². The van der Waals surface area contributed by atoms with Gasteiger partial charge >= 0.3 is 0 Å². The summed E-state index contributed by atoms with van der Waals surface area (Å²) in [5.74, 6) is 0. The molecular formula is C17H24ClN. The van der Waals surface area contributed by atoms with Crippen LogP contribution in [-0.4, -0.2) is 6.54 Å². The molecule has 2 aliphatic carbocycles. The van der Waals surface area contributed by atoms with Gasteiger partial charge in [0.25, 0.3) is 0 Å². The van der Waals surface area contributed by atoms with Gasteiger partial charge < -0.3 is 5.32 Å². The van der Waals surface area contributed by atoms with Crippen molar-refractivity contribution in [2.24, 2.45) is 5.41 Å². The Labute approximate surface area is 121 Å². The molecule has 19 heavy (non-hydrogen) atoms. The smallest absolute Gasteiger partial charge is 0.0408 e. The van der Waals surface area contributed by atoms with E-state index in [2.05, 4.69) is 24.4 Å². The van der Waals surface area contributed by atoms with Gasteiger partial charge in [0.1, 0.15) is 0 Å². The molecule has 2 heteroatoms. The molecule has 1 atom stereocenters. The maximum Gasteiger partial charge on any atom is 0.0408 e. The molecule has 0 aromatic heterocycles. The molecule has 0 radical (unpaired) electrons. The quantitative estimate of drug-likeness (QED) is 0.826. The van der Waals surface area contributed by atoms with Crippen LogP contribution in [0, 0.1) is 5.41 Å². The van der Waals surface area contributed by atoms with Gasteiger partial charge in [0.15, 0.2) is 0 Å². The minimum Gasteiger partial charge on any atom is -0.309 e. The minimum absolute atomic E-state index is 0.552. The highest BCUT2D eigenvalue weighted by Gasteiger charge is 2.33. The molecule has 1 N–H and O–H groups in total. The third kappa shape index (κ3) is 2.68. The van der Waals surface area contributed by atoms with E-state index in [1.165, 1.54) is 62.6 Å². The Morgan fingerprint density at radius 2 is 2.11 bits per heavy atom. The number of hydrogen-bond acceptors (Lipinski definition) is 1. The molecule has 1 saturated carbocycles. The van der Waals surface area contributed by atoms with Crippen molar-refractivity contribution >= 4 is 11.6 Å². The molecule has 3 rings (SSSR count). The van der Waals surface area contributed by atoms with Crippen LogP contribution < -0.4 is 5.32 Å². The highest BCUT2D eigenvalue weighted by molar-refractivity contribution is 6.30. The molecule has 1 aromatic rings. The van der Waals surface area contributed by atoms with Gasteiger partial charge in [-0.25, -0.2) is 0 Å². The van der Waals surface area contributed by atoms with Crippen LogP contribution in [-0.2, 0) is 6.42 Å². The van der Waals surface area contributed by atoms with Crippen LogP contribution in [0.15, 0.2) is 18.2 Å². The predicted molar refractivity (Wildman–Crippen MR) is 81.7 cm³/mol. The second-order valence-electron chi connectivity index (χ2n) is 6.38. The largest absolute Gasteiger partial charge is 0.309 e. The van der Waals surface area contributed by atoms with Crippen molar-refractivity contribution in [2.75, 3.05) is 6.54 Å². The Hall–Kier alpha value is -0.530. The molecule has 1 fully saturated rings. The van der Waals surface area contributed by atoms with Crippen LogP contribution in [0.1, 0.15) is 62.6 Å². The molecule has 1 aromatic carbocycles. The molecule has 0 bridgehead atoms. The summed E-state index contributed by atoms with van der Waals surface area (Å²) in [7, 11) is 0. The van der Waals surface area contributed by atoms with Gasteiger partial charge in [-0.1, -0.05) is 37.4 Å². The fraction of sp³-hybridized carbons (Fsp3) is 0.647. The highest BCUT2D eigenvalue weighted by atomic mass is 35.5. The highest BCUT2D eigenvalue weighted by Crippen LogP contribution is 2.41. The molecule has 0 amide bonds. The zero-order valence-electron chi connectivity index (χ0n) is 11.8. The van der Waals surface area contributed by atoms with E-state index in [1.54, 1.807) is 0 Å². The summed E-state index contributed by atoms with van der Waals surface area (Å²) < 4.78 is 0.